The molecule has 0 aromatic carbocycles. The maximum Gasteiger partial charge on any atom is 0.211 e. The Balaban J connectivity index is 2.19. The number of likely N-dealkylation sites (N-methyl/N-ethyl adjacent to an activating group) is 1. The summed E-state index contributed by atoms with van der Waals surface area (Å²) in [5.74, 6) is 0.845. The van der Waals surface area contributed by atoms with Crippen LogP contribution in [0.3, 0.4) is 0 Å². The van der Waals surface area contributed by atoms with E-state index in [1.165, 1.54) is 0 Å². The van der Waals surface area contributed by atoms with Crippen molar-refractivity contribution in [2.24, 2.45) is 5.92 Å². The average molecular weight is 305 g/mol. The van der Waals surface area contributed by atoms with Crippen molar-refractivity contribution < 1.29 is 8.42 Å². The maximum absolute atomic E-state index is 12.0. The van der Waals surface area contributed by atoms with Gasteiger partial charge in [-0.25, -0.2) is 13.1 Å². The number of nitrogens with one attached hydrogen (secondary N) is 2. The Hall–Kier alpha value is -0.170. The molecule has 0 aromatic rings. The Morgan fingerprint density at radius 1 is 1.20 bits per heavy atom. The first kappa shape index (κ1) is 17.9. The third-order valence-corrected chi connectivity index (χ3v) is 5.41. The topological polar surface area (TPSA) is 61.4 Å². The van der Waals surface area contributed by atoms with Crippen molar-refractivity contribution in [1.82, 2.24) is 14.9 Å². The summed E-state index contributed by atoms with van der Waals surface area (Å²) in [6.45, 7) is 9.66. The van der Waals surface area contributed by atoms with Gasteiger partial charge in [0, 0.05) is 13.1 Å². The number of hydrogen-bond acceptors (Lipinski definition) is 4. The van der Waals surface area contributed by atoms with Crippen molar-refractivity contribution in [3.05, 3.63) is 0 Å². The highest BCUT2D eigenvalue weighted by atomic mass is 32.2. The first-order valence-corrected chi connectivity index (χ1v) is 9.63. The van der Waals surface area contributed by atoms with Crippen LogP contribution in [0.15, 0.2) is 0 Å². The van der Waals surface area contributed by atoms with Crippen LogP contribution in [0.4, 0.5) is 0 Å². The Bertz CT molecular complexity index is 340. The minimum atomic E-state index is -3.10. The van der Waals surface area contributed by atoms with Gasteiger partial charge in [-0.15, -0.1) is 0 Å². The zero-order valence-electron chi connectivity index (χ0n) is 13.0. The van der Waals surface area contributed by atoms with Gasteiger partial charge in [0.15, 0.2) is 0 Å². The molecule has 1 heterocycles. The fourth-order valence-electron chi connectivity index (χ4n) is 2.67. The molecule has 0 unspecified atom stereocenters. The standard InChI is InChI=1S/C14H31N3O2S/c1-3-11-17(4-2)12-10-16-20(18,19)13-7-14-5-8-15-9-6-14/h14-16H,3-13H2,1-2H3. The summed E-state index contributed by atoms with van der Waals surface area (Å²) >= 11 is 0. The molecule has 0 radical (unpaired) electrons. The third-order valence-electron chi connectivity index (χ3n) is 3.99. The molecule has 0 bridgehead atoms. The van der Waals surface area contributed by atoms with Crippen LogP contribution in [0.2, 0.25) is 0 Å². The normalized spacial score (nSPS) is 17.8. The van der Waals surface area contributed by atoms with Crippen LogP contribution in [0.1, 0.15) is 39.5 Å². The summed E-state index contributed by atoms with van der Waals surface area (Å²) < 4.78 is 26.6. The van der Waals surface area contributed by atoms with Gasteiger partial charge in [0.25, 0.3) is 0 Å². The second-order valence-electron chi connectivity index (χ2n) is 5.63. The largest absolute Gasteiger partial charge is 0.317 e. The quantitative estimate of drug-likeness (QED) is 0.633. The van der Waals surface area contributed by atoms with E-state index in [9.17, 15) is 8.42 Å². The van der Waals surface area contributed by atoms with Crippen LogP contribution >= 0.6 is 0 Å². The van der Waals surface area contributed by atoms with Crippen molar-refractivity contribution in [2.45, 2.75) is 39.5 Å². The fraction of sp³-hybridized carbons (Fsp3) is 1.00. The molecule has 0 spiro atoms. The summed E-state index contributed by atoms with van der Waals surface area (Å²) in [5, 5.41) is 3.31. The number of nitrogens with zero attached hydrogens (tertiary/aromatic N) is 1. The Kier molecular flexibility index (Phi) is 8.68. The SMILES string of the molecule is CCCN(CC)CCNS(=O)(=O)CCC1CCNCC1. The molecule has 1 saturated heterocycles. The highest BCUT2D eigenvalue weighted by molar-refractivity contribution is 7.89. The molecule has 1 fully saturated rings. The summed E-state index contributed by atoms with van der Waals surface area (Å²) in [6, 6.07) is 0. The van der Waals surface area contributed by atoms with E-state index in [4.69, 9.17) is 0 Å². The van der Waals surface area contributed by atoms with Gasteiger partial charge in [-0.2, -0.15) is 0 Å². The van der Waals surface area contributed by atoms with Gasteiger partial charge in [-0.05, 0) is 57.8 Å². The molecule has 0 aromatic heterocycles. The predicted octanol–water partition coefficient (Wildman–Crippen LogP) is 1.03. The van der Waals surface area contributed by atoms with Crippen LogP contribution in [0.5, 0.6) is 0 Å². The minimum absolute atomic E-state index is 0.275. The Labute approximate surface area is 124 Å². The van der Waals surface area contributed by atoms with Crippen LogP contribution < -0.4 is 10.0 Å². The molecule has 0 saturated carbocycles. The van der Waals surface area contributed by atoms with Crippen molar-refractivity contribution in [2.75, 3.05) is 45.0 Å². The molecule has 6 heteroatoms. The summed E-state index contributed by atoms with van der Waals surface area (Å²) in [6.07, 6.45) is 4.12. The van der Waals surface area contributed by atoms with Gasteiger partial charge in [0.05, 0.1) is 5.75 Å². The fourth-order valence-corrected chi connectivity index (χ4v) is 3.86. The lowest BCUT2D eigenvalue weighted by Gasteiger charge is -2.22. The zero-order chi connectivity index (χ0) is 14.8. The van der Waals surface area contributed by atoms with E-state index in [1.54, 1.807) is 0 Å². The molecule has 1 aliphatic heterocycles. The van der Waals surface area contributed by atoms with Gasteiger partial charge >= 0.3 is 0 Å². The van der Waals surface area contributed by atoms with Gasteiger partial charge < -0.3 is 10.2 Å². The molecule has 0 aliphatic carbocycles. The van der Waals surface area contributed by atoms with E-state index in [-0.39, 0.29) is 5.75 Å². The number of piperidine rings is 1. The molecule has 5 nitrogen and oxygen atoms in total. The van der Waals surface area contributed by atoms with E-state index < -0.39 is 10.0 Å². The van der Waals surface area contributed by atoms with Gasteiger partial charge in [0.2, 0.25) is 10.0 Å². The van der Waals surface area contributed by atoms with Crippen LogP contribution in [-0.4, -0.2) is 58.3 Å². The lowest BCUT2D eigenvalue weighted by molar-refractivity contribution is 0.293. The molecule has 120 valence electrons. The van der Waals surface area contributed by atoms with E-state index >= 15 is 0 Å². The van der Waals surface area contributed by atoms with Crippen LogP contribution in [0.25, 0.3) is 0 Å². The molecule has 1 aliphatic rings. The van der Waals surface area contributed by atoms with E-state index in [2.05, 4.69) is 28.8 Å². The van der Waals surface area contributed by atoms with Crippen molar-refractivity contribution >= 4 is 10.0 Å². The average Bonchev–Trinajstić information content (AvgIpc) is 2.45. The first-order valence-electron chi connectivity index (χ1n) is 7.97. The molecule has 1 rings (SSSR count). The highest BCUT2D eigenvalue weighted by Gasteiger charge is 2.17. The van der Waals surface area contributed by atoms with E-state index in [0.29, 0.717) is 12.5 Å². The lowest BCUT2D eigenvalue weighted by Crippen LogP contribution is -2.37. The first-order chi connectivity index (χ1) is 9.57. The monoisotopic (exact) mass is 305 g/mol. The second-order valence-corrected chi connectivity index (χ2v) is 7.56. The molecule has 0 amide bonds. The molecule has 2 N–H and O–H groups in total. The number of sulfonamides is 1. The smallest absolute Gasteiger partial charge is 0.211 e. The predicted molar refractivity (Wildman–Crippen MR) is 84.4 cm³/mol. The van der Waals surface area contributed by atoms with E-state index in [0.717, 1.165) is 58.4 Å². The molecular weight excluding hydrogens is 274 g/mol. The van der Waals surface area contributed by atoms with Crippen molar-refractivity contribution in [3.63, 3.8) is 0 Å². The van der Waals surface area contributed by atoms with Crippen LogP contribution in [-0.2, 0) is 10.0 Å². The highest BCUT2D eigenvalue weighted by Crippen LogP contribution is 2.16. The number of rotatable bonds is 10. The van der Waals surface area contributed by atoms with Crippen molar-refractivity contribution in [3.8, 4) is 0 Å². The van der Waals surface area contributed by atoms with E-state index in [1.807, 2.05) is 0 Å². The van der Waals surface area contributed by atoms with Gasteiger partial charge in [-0.1, -0.05) is 13.8 Å². The summed E-state index contributed by atoms with van der Waals surface area (Å²) in [7, 11) is -3.10. The van der Waals surface area contributed by atoms with Gasteiger partial charge in [-0.3, -0.25) is 0 Å². The van der Waals surface area contributed by atoms with Crippen LogP contribution in [0, 0.1) is 5.92 Å². The summed E-state index contributed by atoms with van der Waals surface area (Å²) in [4.78, 5) is 2.27. The minimum Gasteiger partial charge on any atom is -0.317 e. The van der Waals surface area contributed by atoms with Gasteiger partial charge in [0.1, 0.15) is 0 Å². The molecular formula is C14H31N3O2S. The summed E-state index contributed by atoms with van der Waals surface area (Å²) in [5.41, 5.74) is 0. The maximum atomic E-state index is 12.0. The molecule has 20 heavy (non-hydrogen) atoms. The lowest BCUT2D eigenvalue weighted by atomic mass is 9.96. The number of hydrogen-bond donors (Lipinski definition) is 2. The third kappa shape index (κ3) is 7.57. The Morgan fingerprint density at radius 3 is 2.50 bits per heavy atom. The van der Waals surface area contributed by atoms with Crippen molar-refractivity contribution in [1.29, 1.82) is 0 Å². The molecule has 0 atom stereocenters. The second kappa shape index (κ2) is 9.71. The zero-order valence-corrected chi connectivity index (χ0v) is 13.8. The Morgan fingerprint density at radius 2 is 1.90 bits per heavy atom.